The van der Waals surface area contributed by atoms with Crippen molar-refractivity contribution in [3.05, 3.63) is 28.0 Å². The second-order valence-corrected chi connectivity index (χ2v) is 4.28. The predicted octanol–water partition coefficient (Wildman–Crippen LogP) is 2.62. The summed E-state index contributed by atoms with van der Waals surface area (Å²) >= 11 is 11.6. The van der Waals surface area contributed by atoms with Gasteiger partial charge in [-0.3, -0.25) is 4.79 Å². The summed E-state index contributed by atoms with van der Waals surface area (Å²) in [5, 5.41) is 0.651. The van der Waals surface area contributed by atoms with Crippen molar-refractivity contribution in [1.82, 2.24) is 9.88 Å². The van der Waals surface area contributed by atoms with E-state index in [9.17, 15) is 4.79 Å². The fourth-order valence-corrected chi connectivity index (χ4v) is 2.01. The average molecular weight is 245 g/mol. The summed E-state index contributed by atoms with van der Waals surface area (Å²) in [5.41, 5.74) is 0.443. The summed E-state index contributed by atoms with van der Waals surface area (Å²) in [6.45, 7) is 1.60. The highest BCUT2D eigenvalue weighted by Crippen LogP contribution is 2.21. The minimum Gasteiger partial charge on any atom is -0.339 e. The van der Waals surface area contributed by atoms with E-state index in [1.165, 1.54) is 12.3 Å². The van der Waals surface area contributed by atoms with E-state index in [0.717, 1.165) is 25.9 Å². The van der Waals surface area contributed by atoms with E-state index in [0.29, 0.717) is 15.7 Å². The lowest BCUT2D eigenvalue weighted by molar-refractivity contribution is 0.0793. The molecule has 3 nitrogen and oxygen atoms in total. The van der Waals surface area contributed by atoms with Crippen LogP contribution in [0.1, 0.15) is 23.2 Å². The fraction of sp³-hybridized carbons (Fsp3) is 0.400. The van der Waals surface area contributed by atoms with Crippen molar-refractivity contribution in [3.63, 3.8) is 0 Å². The Kier molecular flexibility index (Phi) is 3.12. The van der Waals surface area contributed by atoms with Crippen LogP contribution < -0.4 is 0 Å². The van der Waals surface area contributed by atoms with Gasteiger partial charge in [0.2, 0.25) is 0 Å². The van der Waals surface area contributed by atoms with Crippen LogP contribution in [0.2, 0.25) is 10.2 Å². The molecule has 2 heterocycles. The van der Waals surface area contributed by atoms with Crippen molar-refractivity contribution < 1.29 is 4.79 Å². The number of carbonyl (C=O) groups excluding carboxylic acids is 1. The van der Waals surface area contributed by atoms with Gasteiger partial charge in [0.15, 0.2) is 0 Å². The van der Waals surface area contributed by atoms with Gasteiger partial charge in [-0.15, -0.1) is 0 Å². The maximum absolute atomic E-state index is 12.0. The van der Waals surface area contributed by atoms with E-state index in [2.05, 4.69) is 4.98 Å². The van der Waals surface area contributed by atoms with E-state index < -0.39 is 0 Å². The molecule has 0 radical (unpaired) electrons. The summed E-state index contributed by atoms with van der Waals surface area (Å²) in [6, 6.07) is 1.52. The first kappa shape index (κ1) is 10.7. The number of carbonyl (C=O) groups is 1. The molecule has 0 bridgehead atoms. The molecule has 0 saturated carbocycles. The van der Waals surface area contributed by atoms with E-state index in [-0.39, 0.29) is 5.91 Å². The van der Waals surface area contributed by atoms with Crippen LogP contribution >= 0.6 is 23.2 Å². The van der Waals surface area contributed by atoms with Crippen molar-refractivity contribution in [2.75, 3.05) is 13.1 Å². The second-order valence-electron chi connectivity index (χ2n) is 3.49. The molecule has 2 rings (SSSR count). The van der Waals surface area contributed by atoms with Crippen molar-refractivity contribution in [3.8, 4) is 0 Å². The Balaban J connectivity index is 2.27. The molecular formula is C10H10Cl2N2O. The van der Waals surface area contributed by atoms with Crippen LogP contribution in [-0.2, 0) is 0 Å². The van der Waals surface area contributed by atoms with Crippen LogP contribution in [0.15, 0.2) is 12.3 Å². The van der Waals surface area contributed by atoms with Gasteiger partial charge in [0, 0.05) is 19.3 Å². The quantitative estimate of drug-likeness (QED) is 0.712. The standard InChI is InChI=1S/C10H10Cl2N2O/c11-8-6-13-9(12)5-7(8)10(15)14-3-1-2-4-14/h5-6H,1-4H2. The third-order valence-corrected chi connectivity index (χ3v) is 2.95. The smallest absolute Gasteiger partial charge is 0.255 e. The number of halogens is 2. The SMILES string of the molecule is O=C(c1cc(Cl)ncc1Cl)N1CCCC1. The summed E-state index contributed by atoms with van der Waals surface area (Å²) in [6.07, 6.45) is 3.53. The summed E-state index contributed by atoms with van der Waals surface area (Å²) < 4.78 is 0. The lowest BCUT2D eigenvalue weighted by Crippen LogP contribution is -2.27. The molecule has 0 aliphatic carbocycles. The van der Waals surface area contributed by atoms with Gasteiger partial charge < -0.3 is 4.90 Å². The van der Waals surface area contributed by atoms with Crippen LogP contribution in [0, 0.1) is 0 Å². The Labute approximate surface area is 98.0 Å². The number of hydrogen-bond acceptors (Lipinski definition) is 2. The summed E-state index contributed by atoms with van der Waals surface area (Å²) in [7, 11) is 0. The monoisotopic (exact) mass is 244 g/mol. The molecule has 1 aliphatic heterocycles. The third-order valence-electron chi connectivity index (χ3n) is 2.45. The topological polar surface area (TPSA) is 33.2 Å². The molecule has 0 N–H and O–H groups in total. The number of likely N-dealkylation sites (tertiary alicyclic amines) is 1. The molecule has 0 unspecified atom stereocenters. The van der Waals surface area contributed by atoms with E-state index >= 15 is 0 Å². The molecule has 1 fully saturated rings. The number of pyridine rings is 1. The minimum absolute atomic E-state index is 0.0539. The first-order valence-electron chi connectivity index (χ1n) is 4.79. The fourth-order valence-electron chi connectivity index (χ4n) is 1.67. The molecule has 1 aliphatic rings. The Morgan fingerprint density at radius 2 is 2.00 bits per heavy atom. The van der Waals surface area contributed by atoms with Crippen LogP contribution in [0.5, 0.6) is 0 Å². The Hall–Kier alpha value is -0.800. The van der Waals surface area contributed by atoms with Crippen LogP contribution in [0.25, 0.3) is 0 Å². The normalized spacial score (nSPS) is 15.7. The first-order chi connectivity index (χ1) is 7.18. The minimum atomic E-state index is -0.0539. The third kappa shape index (κ3) is 2.24. The molecule has 0 spiro atoms. The van der Waals surface area contributed by atoms with E-state index in [1.54, 1.807) is 4.90 Å². The second kappa shape index (κ2) is 4.37. The lowest BCUT2D eigenvalue weighted by Gasteiger charge is -2.15. The molecule has 0 atom stereocenters. The van der Waals surface area contributed by atoms with Gasteiger partial charge >= 0.3 is 0 Å². The Morgan fingerprint density at radius 1 is 1.33 bits per heavy atom. The molecular weight excluding hydrogens is 235 g/mol. The lowest BCUT2D eigenvalue weighted by atomic mass is 10.2. The summed E-state index contributed by atoms with van der Waals surface area (Å²) in [4.78, 5) is 17.6. The molecule has 1 aromatic rings. The van der Waals surface area contributed by atoms with Gasteiger partial charge in [0.25, 0.3) is 5.91 Å². The highest BCUT2D eigenvalue weighted by Gasteiger charge is 2.21. The largest absolute Gasteiger partial charge is 0.339 e. The summed E-state index contributed by atoms with van der Waals surface area (Å²) in [5.74, 6) is -0.0539. The molecule has 1 aromatic heterocycles. The van der Waals surface area contributed by atoms with Gasteiger partial charge in [0.1, 0.15) is 5.15 Å². The van der Waals surface area contributed by atoms with Crippen LogP contribution in [0.4, 0.5) is 0 Å². The first-order valence-corrected chi connectivity index (χ1v) is 5.54. The number of nitrogens with zero attached hydrogens (tertiary/aromatic N) is 2. The Morgan fingerprint density at radius 3 is 2.67 bits per heavy atom. The van der Waals surface area contributed by atoms with Crippen molar-refractivity contribution in [1.29, 1.82) is 0 Å². The van der Waals surface area contributed by atoms with Crippen molar-refractivity contribution in [2.45, 2.75) is 12.8 Å². The number of hydrogen-bond donors (Lipinski definition) is 0. The van der Waals surface area contributed by atoms with Crippen LogP contribution in [-0.4, -0.2) is 28.9 Å². The van der Waals surface area contributed by atoms with Crippen LogP contribution in [0.3, 0.4) is 0 Å². The van der Waals surface area contributed by atoms with E-state index in [4.69, 9.17) is 23.2 Å². The van der Waals surface area contributed by atoms with Crippen molar-refractivity contribution in [2.24, 2.45) is 0 Å². The molecule has 80 valence electrons. The zero-order valence-electron chi connectivity index (χ0n) is 8.04. The molecule has 15 heavy (non-hydrogen) atoms. The van der Waals surface area contributed by atoms with Crippen molar-refractivity contribution >= 4 is 29.1 Å². The maximum Gasteiger partial charge on any atom is 0.255 e. The zero-order chi connectivity index (χ0) is 10.8. The van der Waals surface area contributed by atoms with Gasteiger partial charge in [-0.05, 0) is 18.9 Å². The molecule has 5 heteroatoms. The number of aromatic nitrogens is 1. The van der Waals surface area contributed by atoms with E-state index in [1.807, 2.05) is 0 Å². The Bertz CT molecular complexity index is 389. The zero-order valence-corrected chi connectivity index (χ0v) is 9.55. The molecule has 0 aromatic carbocycles. The molecule has 1 saturated heterocycles. The average Bonchev–Trinajstić information content (AvgIpc) is 2.74. The highest BCUT2D eigenvalue weighted by atomic mass is 35.5. The van der Waals surface area contributed by atoms with Gasteiger partial charge in [-0.1, -0.05) is 23.2 Å². The molecule has 1 amide bonds. The predicted molar refractivity (Wildman–Crippen MR) is 59.4 cm³/mol. The maximum atomic E-state index is 12.0. The number of amides is 1. The highest BCUT2D eigenvalue weighted by molar-refractivity contribution is 6.35. The van der Waals surface area contributed by atoms with Gasteiger partial charge in [-0.25, -0.2) is 4.98 Å². The van der Waals surface area contributed by atoms with Gasteiger partial charge in [0.05, 0.1) is 10.6 Å². The number of rotatable bonds is 1. The van der Waals surface area contributed by atoms with Gasteiger partial charge in [-0.2, -0.15) is 0 Å².